The van der Waals surface area contributed by atoms with Crippen LogP contribution < -0.4 is 5.32 Å². The summed E-state index contributed by atoms with van der Waals surface area (Å²) in [5, 5.41) is 2.94. The summed E-state index contributed by atoms with van der Waals surface area (Å²) in [6.45, 7) is 0. The largest absolute Gasteiger partial charge is 0.349 e. The van der Waals surface area contributed by atoms with Gasteiger partial charge in [-0.05, 0) is 31.0 Å². The molecule has 1 aromatic rings. The molecule has 0 unspecified atom stereocenters. The first kappa shape index (κ1) is 14.3. The molecule has 4 nitrogen and oxygen atoms in total. The third-order valence-corrected chi connectivity index (χ3v) is 4.67. The predicted molar refractivity (Wildman–Crippen MR) is 73.8 cm³/mol. The van der Waals surface area contributed by atoms with Crippen LogP contribution in [-0.4, -0.2) is 20.4 Å². The third kappa shape index (κ3) is 3.94. The average Bonchev–Trinajstić information content (AvgIpc) is 2.39. The molecule has 1 fully saturated rings. The maximum Gasteiger partial charge on any atom is 0.261 e. The van der Waals surface area contributed by atoms with E-state index in [4.69, 9.17) is 10.7 Å². The van der Waals surface area contributed by atoms with Gasteiger partial charge in [0.05, 0.1) is 4.90 Å². The molecule has 0 bridgehead atoms. The number of nitrogens with one attached hydrogen (secondary N) is 1. The lowest BCUT2D eigenvalue weighted by Crippen LogP contribution is -2.36. The molecule has 1 aliphatic carbocycles. The minimum atomic E-state index is -3.80. The molecule has 1 aromatic carbocycles. The summed E-state index contributed by atoms with van der Waals surface area (Å²) in [6, 6.07) is 5.98. The van der Waals surface area contributed by atoms with Gasteiger partial charge in [-0.2, -0.15) is 0 Å². The van der Waals surface area contributed by atoms with E-state index in [0.29, 0.717) is 5.56 Å². The molecule has 6 heteroatoms. The van der Waals surface area contributed by atoms with Crippen molar-refractivity contribution < 1.29 is 13.2 Å². The summed E-state index contributed by atoms with van der Waals surface area (Å²) in [5.41, 5.74) is 0.326. The van der Waals surface area contributed by atoms with Gasteiger partial charge in [-0.15, -0.1) is 0 Å². The fraction of sp³-hybridized carbons (Fsp3) is 0.462. The van der Waals surface area contributed by atoms with Gasteiger partial charge in [0, 0.05) is 22.3 Å². The Balaban J connectivity index is 2.10. The number of halogens is 1. The Kier molecular flexibility index (Phi) is 4.47. The first-order valence-electron chi connectivity index (χ1n) is 6.32. The van der Waals surface area contributed by atoms with E-state index in [0.717, 1.165) is 25.7 Å². The van der Waals surface area contributed by atoms with Crippen molar-refractivity contribution in [1.29, 1.82) is 0 Å². The smallest absolute Gasteiger partial charge is 0.261 e. The van der Waals surface area contributed by atoms with Crippen molar-refractivity contribution >= 4 is 25.6 Å². The van der Waals surface area contributed by atoms with Gasteiger partial charge in [0.2, 0.25) is 0 Å². The summed E-state index contributed by atoms with van der Waals surface area (Å²) in [4.78, 5) is 12.0. The van der Waals surface area contributed by atoms with Crippen molar-refractivity contribution in [2.75, 3.05) is 0 Å². The Morgan fingerprint density at radius 1 is 1.21 bits per heavy atom. The fourth-order valence-corrected chi connectivity index (χ4v) is 3.10. The third-order valence-electron chi connectivity index (χ3n) is 3.32. The molecule has 0 atom stereocenters. The van der Waals surface area contributed by atoms with E-state index < -0.39 is 9.05 Å². The second-order valence-corrected chi connectivity index (χ2v) is 7.34. The summed E-state index contributed by atoms with van der Waals surface area (Å²) in [7, 11) is 1.47. The number of amides is 1. The van der Waals surface area contributed by atoms with Crippen LogP contribution in [0.15, 0.2) is 29.2 Å². The van der Waals surface area contributed by atoms with Crippen molar-refractivity contribution in [3.05, 3.63) is 29.8 Å². The summed E-state index contributed by atoms with van der Waals surface area (Å²) in [6.07, 6.45) is 5.44. The van der Waals surface area contributed by atoms with Gasteiger partial charge in [-0.25, -0.2) is 8.42 Å². The lowest BCUT2D eigenvalue weighted by molar-refractivity contribution is 0.0927. The SMILES string of the molecule is O=C(NC1CCCCC1)c1cccc(S(=O)(=O)Cl)c1. The van der Waals surface area contributed by atoms with E-state index in [9.17, 15) is 13.2 Å². The molecule has 0 radical (unpaired) electrons. The van der Waals surface area contributed by atoms with Crippen LogP contribution in [-0.2, 0) is 9.05 Å². The number of rotatable bonds is 3. The summed E-state index contributed by atoms with van der Waals surface area (Å²) >= 11 is 0. The molecule has 19 heavy (non-hydrogen) atoms. The zero-order valence-corrected chi connectivity index (χ0v) is 12.0. The van der Waals surface area contributed by atoms with Crippen LogP contribution in [0.25, 0.3) is 0 Å². The normalized spacial score (nSPS) is 17.1. The van der Waals surface area contributed by atoms with E-state index in [2.05, 4.69) is 5.32 Å². The molecule has 0 heterocycles. The van der Waals surface area contributed by atoms with Gasteiger partial charge < -0.3 is 5.32 Å². The first-order chi connectivity index (χ1) is 8.97. The Morgan fingerprint density at radius 3 is 2.53 bits per heavy atom. The van der Waals surface area contributed by atoms with Crippen molar-refractivity contribution in [2.24, 2.45) is 0 Å². The Morgan fingerprint density at radius 2 is 1.89 bits per heavy atom. The predicted octanol–water partition coefficient (Wildman–Crippen LogP) is 2.68. The van der Waals surface area contributed by atoms with E-state index in [1.807, 2.05) is 0 Å². The van der Waals surface area contributed by atoms with Crippen LogP contribution in [0.1, 0.15) is 42.5 Å². The Hall–Kier alpha value is -1.07. The van der Waals surface area contributed by atoms with Crippen LogP contribution in [0.3, 0.4) is 0 Å². The van der Waals surface area contributed by atoms with E-state index in [1.165, 1.54) is 24.6 Å². The molecule has 0 aromatic heterocycles. The highest BCUT2D eigenvalue weighted by Gasteiger charge is 2.18. The van der Waals surface area contributed by atoms with Crippen LogP contribution in [0.2, 0.25) is 0 Å². The topological polar surface area (TPSA) is 63.2 Å². The van der Waals surface area contributed by atoms with Crippen molar-refractivity contribution in [3.8, 4) is 0 Å². The minimum Gasteiger partial charge on any atom is -0.349 e. The van der Waals surface area contributed by atoms with Crippen LogP contribution >= 0.6 is 10.7 Å². The quantitative estimate of drug-likeness (QED) is 0.873. The molecule has 104 valence electrons. The molecule has 1 aliphatic rings. The summed E-state index contributed by atoms with van der Waals surface area (Å²) in [5.74, 6) is -0.242. The maximum atomic E-state index is 12.0. The maximum absolute atomic E-state index is 12.0. The molecule has 1 saturated carbocycles. The number of hydrogen-bond acceptors (Lipinski definition) is 3. The second-order valence-electron chi connectivity index (χ2n) is 4.77. The molecular formula is C13H16ClNO3S. The van der Waals surface area contributed by atoms with Crippen molar-refractivity contribution in [3.63, 3.8) is 0 Å². The molecule has 1 amide bonds. The lowest BCUT2D eigenvalue weighted by Gasteiger charge is -2.22. The summed E-state index contributed by atoms with van der Waals surface area (Å²) < 4.78 is 22.5. The highest BCUT2D eigenvalue weighted by atomic mass is 35.7. The molecular weight excluding hydrogens is 286 g/mol. The standard InChI is InChI=1S/C13H16ClNO3S/c14-19(17,18)12-8-4-5-10(9-12)13(16)15-11-6-2-1-3-7-11/h4-5,8-9,11H,1-3,6-7H2,(H,15,16). The van der Waals surface area contributed by atoms with Crippen molar-refractivity contribution in [1.82, 2.24) is 5.32 Å². The second kappa shape index (κ2) is 5.92. The van der Waals surface area contributed by atoms with E-state index in [1.54, 1.807) is 6.07 Å². The highest BCUT2D eigenvalue weighted by Crippen LogP contribution is 2.19. The zero-order chi connectivity index (χ0) is 13.9. The van der Waals surface area contributed by atoms with E-state index >= 15 is 0 Å². The van der Waals surface area contributed by atoms with Gasteiger partial charge in [0.25, 0.3) is 15.0 Å². The average molecular weight is 302 g/mol. The molecule has 2 rings (SSSR count). The number of carbonyl (C=O) groups is 1. The lowest BCUT2D eigenvalue weighted by atomic mass is 9.95. The van der Waals surface area contributed by atoms with Crippen LogP contribution in [0.5, 0.6) is 0 Å². The number of hydrogen-bond donors (Lipinski definition) is 1. The number of carbonyl (C=O) groups excluding carboxylic acids is 1. The first-order valence-corrected chi connectivity index (χ1v) is 8.63. The monoisotopic (exact) mass is 301 g/mol. The number of benzene rings is 1. The van der Waals surface area contributed by atoms with Gasteiger partial charge in [0.1, 0.15) is 0 Å². The van der Waals surface area contributed by atoms with Gasteiger partial charge in [0.15, 0.2) is 0 Å². The zero-order valence-electron chi connectivity index (χ0n) is 10.4. The molecule has 1 N–H and O–H groups in total. The minimum absolute atomic E-state index is 0.0505. The van der Waals surface area contributed by atoms with Gasteiger partial charge >= 0.3 is 0 Å². The Labute approximate surface area is 117 Å². The molecule has 0 saturated heterocycles. The van der Waals surface area contributed by atoms with Crippen LogP contribution in [0, 0.1) is 0 Å². The van der Waals surface area contributed by atoms with Gasteiger partial charge in [-0.3, -0.25) is 4.79 Å². The van der Waals surface area contributed by atoms with E-state index in [-0.39, 0.29) is 16.8 Å². The van der Waals surface area contributed by atoms with Crippen molar-refractivity contribution in [2.45, 2.75) is 43.0 Å². The Bertz CT molecular complexity index is 565. The molecule has 0 spiro atoms. The highest BCUT2D eigenvalue weighted by molar-refractivity contribution is 8.13. The van der Waals surface area contributed by atoms with Crippen LogP contribution in [0.4, 0.5) is 0 Å². The van der Waals surface area contributed by atoms with Gasteiger partial charge in [-0.1, -0.05) is 25.3 Å². The molecule has 0 aliphatic heterocycles. The fourth-order valence-electron chi connectivity index (χ4n) is 2.30.